The summed E-state index contributed by atoms with van der Waals surface area (Å²) in [5, 5.41) is 14.8. The number of fused-ring (bicyclic) bond motifs is 1. The molecular weight excluding hydrogens is 246 g/mol. The van der Waals surface area contributed by atoms with E-state index in [4.69, 9.17) is 4.52 Å². The predicted octanol–water partition coefficient (Wildman–Crippen LogP) is 0.628. The molecule has 7 nitrogen and oxygen atoms in total. The molecule has 0 fully saturated rings. The molecule has 7 heteroatoms. The third kappa shape index (κ3) is 2.23. The molecular formula is C12H15N5O2. The topological polar surface area (TPSA) is 85.8 Å². The van der Waals surface area contributed by atoms with E-state index >= 15 is 0 Å². The zero-order valence-electron chi connectivity index (χ0n) is 10.9. The van der Waals surface area contributed by atoms with Gasteiger partial charge in [0, 0.05) is 25.1 Å². The molecule has 0 radical (unpaired) electrons. The van der Waals surface area contributed by atoms with E-state index in [1.807, 2.05) is 11.5 Å². The molecule has 1 atom stereocenters. The molecule has 0 saturated carbocycles. The minimum Gasteiger partial charge on any atom is -0.361 e. The Labute approximate surface area is 110 Å². The maximum atomic E-state index is 12.0. The molecule has 0 spiro atoms. The van der Waals surface area contributed by atoms with Gasteiger partial charge in [-0.3, -0.25) is 4.79 Å². The molecule has 0 saturated heterocycles. The molecule has 2 aromatic heterocycles. The molecule has 1 N–H and O–H groups in total. The highest BCUT2D eigenvalue weighted by Crippen LogP contribution is 2.15. The van der Waals surface area contributed by atoms with E-state index in [9.17, 15) is 4.79 Å². The highest BCUT2D eigenvalue weighted by molar-refractivity contribution is 5.92. The molecule has 0 bridgehead atoms. The van der Waals surface area contributed by atoms with E-state index in [1.165, 1.54) is 0 Å². The van der Waals surface area contributed by atoms with Gasteiger partial charge in [-0.15, -0.1) is 10.2 Å². The lowest BCUT2D eigenvalue weighted by molar-refractivity contribution is 0.0918. The third-order valence-corrected chi connectivity index (χ3v) is 3.33. The highest BCUT2D eigenvalue weighted by atomic mass is 16.5. The Morgan fingerprint density at radius 1 is 1.47 bits per heavy atom. The maximum Gasteiger partial charge on any atom is 0.273 e. The van der Waals surface area contributed by atoms with Crippen LogP contribution in [0.1, 0.15) is 34.3 Å². The van der Waals surface area contributed by atoms with Crippen LogP contribution in [0.3, 0.4) is 0 Å². The summed E-state index contributed by atoms with van der Waals surface area (Å²) in [6, 6.07) is 1.71. The number of amides is 1. The van der Waals surface area contributed by atoms with Gasteiger partial charge in [0.1, 0.15) is 17.4 Å². The molecule has 1 aliphatic heterocycles. The van der Waals surface area contributed by atoms with Crippen molar-refractivity contribution in [2.45, 2.75) is 39.3 Å². The largest absolute Gasteiger partial charge is 0.361 e. The quantitative estimate of drug-likeness (QED) is 0.856. The van der Waals surface area contributed by atoms with E-state index in [-0.39, 0.29) is 11.9 Å². The standard InChI is InChI=1S/C12H15N5O2/c1-7-5-10(16-19-7)12(18)13-9-3-4-11-15-14-8(2)17(11)6-9/h5,9H,3-4,6H2,1-2H3,(H,13,18)/t9-/m1/s1. The second kappa shape index (κ2) is 4.49. The van der Waals surface area contributed by atoms with Gasteiger partial charge in [-0.25, -0.2) is 0 Å². The van der Waals surface area contributed by atoms with Gasteiger partial charge < -0.3 is 14.4 Å². The number of nitrogens with one attached hydrogen (secondary N) is 1. The lowest BCUT2D eigenvalue weighted by Gasteiger charge is -2.24. The van der Waals surface area contributed by atoms with Crippen LogP contribution in [0, 0.1) is 13.8 Å². The summed E-state index contributed by atoms with van der Waals surface area (Å²) >= 11 is 0. The van der Waals surface area contributed by atoms with E-state index in [0.29, 0.717) is 18.0 Å². The fourth-order valence-electron chi connectivity index (χ4n) is 2.31. The summed E-state index contributed by atoms with van der Waals surface area (Å²) in [4.78, 5) is 12.0. The number of hydrogen-bond acceptors (Lipinski definition) is 5. The number of nitrogens with zero attached hydrogens (tertiary/aromatic N) is 4. The molecule has 1 aliphatic rings. The summed E-state index contributed by atoms with van der Waals surface area (Å²) in [5.41, 5.74) is 0.323. The van der Waals surface area contributed by atoms with E-state index < -0.39 is 0 Å². The van der Waals surface area contributed by atoms with Crippen molar-refractivity contribution in [2.24, 2.45) is 0 Å². The van der Waals surface area contributed by atoms with Crippen LogP contribution in [0.2, 0.25) is 0 Å². The molecule has 100 valence electrons. The molecule has 1 amide bonds. The Balaban J connectivity index is 1.69. The van der Waals surface area contributed by atoms with E-state index in [2.05, 4.69) is 20.7 Å². The van der Waals surface area contributed by atoms with Crippen molar-refractivity contribution in [1.82, 2.24) is 25.2 Å². The number of carbonyl (C=O) groups is 1. The Kier molecular flexibility index (Phi) is 2.81. The highest BCUT2D eigenvalue weighted by Gasteiger charge is 2.24. The van der Waals surface area contributed by atoms with Gasteiger partial charge in [-0.05, 0) is 20.3 Å². The number of aromatic nitrogens is 4. The van der Waals surface area contributed by atoms with Crippen LogP contribution in [-0.4, -0.2) is 31.9 Å². The number of aryl methyl sites for hydroxylation is 3. The van der Waals surface area contributed by atoms with Gasteiger partial charge in [-0.2, -0.15) is 0 Å². The molecule has 19 heavy (non-hydrogen) atoms. The first-order valence-corrected chi connectivity index (χ1v) is 6.26. The van der Waals surface area contributed by atoms with Crippen molar-refractivity contribution in [3.8, 4) is 0 Å². The lowest BCUT2D eigenvalue weighted by Crippen LogP contribution is -2.41. The average Bonchev–Trinajstić information content (AvgIpc) is 2.97. The van der Waals surface area contributed by atoms with Gasteiger partial charge in [-0.1, -0.05) is 5.16 Å². The first kappa shape index (κ1) is 11.9. The first-order chi connectivity index (χ1) is 9.13. The molecule has 3 rings (SSSR count). The van der Waals surface area contributed by atoms with E-state index in [0.717, 1.165) is 24.5 Å². The summed E-state index contributed by atoms with van der Waals surface area (Å²) in [7, 11) is 0. The maximum absolute atomic E-state index is 12.0. The number of carbonyl (C=O) groups excluding carboxylic acids is 1. The average molecular weight is 261 g/mol. The molecule has 0 aromatic carbocycles. The van der Waals surface area contributed by atoms with Gasteiger partial charge in [0.15, 0.2) is 5.69 Å². The van der Waals surface area contributed by atoms with Crippen LogP contribution in [0.4, 0.5) is 0 Å². The summed E-state index contributed by atoms with van der Waals surface area (Å²) < 4.78 is 6.95. The second-order valence-electron chi connectivity index (χ2n) is 4.81. The molecule has 0 unspecified atom stereocenters. The van der Waals surface area contributed by atoms with Crippen molar-refractivity contribution in [2.75, 3.05) is 0 Å². The fraction of sp³-hybridized carbons (Fsp3) is 0.500. The van der Waals surface area contributed by atoms with Crippen molar-refractivity contribution >= 4 is 5.91 Å². The van der Waals surface area contributed by atoms with Gasteiger partial charge in [0.25, 0.3) is 5.91 Å². The van der Waals surface area contributed by atoms with E-state index in [1.54, 1.807) is 13.0 Å². The minimum atomic E-state index is -0.198. The summed E-state index contributed by atoms with van der Waals surface area (Å²) in [6.45, 7) is 4.38. The fourth-order valence-corrected chi connectivity index (χ4v) is 2.31. The van der Waals surface area contributed by atoms with Crippen LogP contribution < -0.4 is 5.32 Å². The predicted molar refractivity (Wildman–Crippen MR) is 65.6 cm³/mol. The van der Waals surface area contributed by atoms with Crippen molar-refractivity contribution in [3.05, 3.63) is 29.2 Å². The normalized spacial score (nSPS) is 18.1. The number of rotatable bonds is 2. The van der Waals surface area contributed by atoms with Crippen molar-refractivity contribution < 1.29 is 9.32 Å². The Hall–Kier alpha value is -2.18. The third-order valence-electron chi connectivity index (χ3n) is 3.33. The SMILES string of the molecule is Cc1cc(C(=O)N[C@@H]2CCc3nnc(C)n3C2)no1. The van der Waals surface area contributed by atoms with Crippen LogP contribution in [-0.2, 0) is 13.0 Å². The molecule has 3 heterocycles. The van der Waals surface area contributed by atoms with Crippen LogP contribution >= 0.6 is 0 Å². The Morgan fingerprint density at radius 3 is 3.05 bits per heavy atom. The van der Waals surface area contributed by atoms with Crippen molar-refractivity contribution in [3.63, 3.8) is 0 Å². The van der Waals surface area contributed by atoms with Gasteiger partial charge in [0.2, 0.25) is 0 Å². The Bertz CT molecular complexity index is 615. The smallest absolute Gasteiger partial charge is 0.273 e. The van der Waals surface area contributed by atoms with Crippen molar-refractivity contribution in [1.29, 1.82) is 0 Å². The summed E-state index contributed by atoms with van der Waals surface area (Å²) in [6.07, 6.45) is 1.68. The van der Waals surface area contributed by atoms with Gasteiger partial charge in [0.05, 0.1) is 0 Å². The first-order valence-electron chi connectivity index (χ1n) is 6.26. The Morgan fingerprint density at radius 2 is 2.32 bits per heavy atom. The van der Waals surface area contributed by atoms with Crippen LogP contribution in [0.5, 0.6) is 0 Å². The molecule has 2 aromatic rings. The number of hydrogen-bond donors (Lipinski definition) is 1. The monoisotopic (exact) mass is 261 g/mol. The van der Waals surface area contributed by atoms with Gasteiger partial charge >= 0.3 is 0 Å². The van der Waals surface area contributed by atoms with Crippen LogP contribution in [0.15, 0.2) is 10.6 Å². The molecule has 0 aliphatic carbocycles. The zero-order chi connectivity index (χ0) is 13.4. The minimum absolute atomic E-state index is 0.0757. The zero-order valence-corrected chi connectivity index (χ0v) is 10.9. The van der Waals surface area contributed by atoms with Crippen LogP contribution in [0.25, 0.3) is 0 Å². The lowest BCUT2D eigenvalue weighted by atomic mass is 10.1. The second-order valence-corrected chi connectivity index (χ2v) is 4.81. The summed E-state index contributed by atoms with van der Waals surface area (Å²) in [5.74, 6) is 2.30.